The monoisotopic (exact) mass is 391 g/mol. The summed E-state index contributed by atoms with van der Waals surface area (Å²) in [4.78, 5) is 15.9. The molecule has 3 heterocycles. The van der Waals surface area contributed by atoms with E-state index in [1.165, 1.54) is 28.8 Å². The van der Waals surface area contributed by atoms with Gasteiger partial charge >= 0.3 is 0 Å². The molecule has 3 aromatic heterocycles. The molecule has 4 aromatic rings. The van der Waals surface area contributed by atoms with Gasteiger partial charge in [-0.15, -0.1) is 22.7 Å². The van der Waals surface area contributed by atoms with Crippen LogP contribution in [-0.4, -0.2) is 15.0 Å². The van der Waals surface area contributed by atoms with Crippen LogP contribution in [0.4, 0.5) is 0 Å². The van der Waals surface area contributed by atoms with Gasteiger partial charge in [-0.05, 0) is 37.5 Å². The van der Waals surface area contributed by atoms with Crippen molar-refractivity contribution in [1.82, 2.24) is 15.0 Å². The molecule has 5 heteroatoms. The van der Waals surface area contributed by atoms with Crippen molar-refractivity contribution in [3.05, 3.63) is 66.2 Å². The van der Waals surface area contributed by atoms with E-state index in [-0.39, 0.29) is 0 Å². The Kier molecular flexibility index (Phi) is 5.41. The number of pyridine rings is 1. The Labute approximate surface area is 167 Å². The van der Waals surface area contributed by atoms with Crippen LogP contribution < -0.4 is 0 Å². The third kappa shape index (κ3) is 3.99. The smallest absolute Gasteiger partial charge is 0.125 e. The lowest BCUT2D eigenvalue weighted by Crippen LogP contribution is -1.84. The van der Waals surface area contributed by atoms with Gasteiger partial charge in [0.25, 0.3) is 0 Å². The second-order valence-corrected chi connectivity index (χ2v) is 8.54. The van der Waals surface area contributed by atoms with E-state index in [0.717, 1.165) is 32.6 Å². The first-order chi connectivity index (χ1) is 13.2. The number of thiazole rings is 2. The summed E-state index contributed by atoms with van der Waals surface area (Å²) in [6.07, 6.45) is 9.21. The van der Waals surface area contributed by atoms with Crippen LogP contribution in [0.1, 0.15) is 31.0 Å². The van der Waals surface area contributed by atoms with Crippen molar-refractivity contribution in [1.29, 1.82) is 0 Å². The van der Waals surface area contributed by atoms with Gasteiger partial charge < -0.3 is 0 Å². The van der Waals surface area contributed by atoms with E-state index in [1.807, 2.05) is 24.5 Å². The molecule has 0 amide bonds. The maximum Gasteiger partial charge on any atom is 0.125 e. The molecule has 0 bridgehead atoms. The fourth-order valence-corrected chi connectivity index (χ4v) is 5.07. The van der Waals surface area contributed by atoms with Crippen molar-refractivity contribution < 1.29 is 0 Å². The molecule has 0 aliphatic carbocycles. The van der Waals surface area contributed by atoms with Crippen molar-refractivity contribution in [3.8, 4) is 30.9 Å². The first-order valence-electron chi connectivity index (χ1n) is 9.18. The fourth-order valence-electron chi connectivity index (χ4n) is 2.95. The molecule has 0 radical (unpaired) electrons. The molecule has 0 fully saturated rings. The minimum absolute atomic E-state index is 0.993. The largest absolute Gasteiger partial charge is 0.264 e. The Morgan fingerprint density at radius 1 is 0.926 bits per heavy atom. The molecule has 3 nitrogen and oxygen atoms in total. The maximum atomic E-state index is 4.82. The second kappa shape index (κ2) is 8.11. The lowest BCUT2D eigenvalue weighted by atomic mass is 10.1. The number of unbranched alkanes of at least 4 members (excludes halogenated alkanes) is 1. The molecule has 0 saturated heterocycles. The number of nitrogens with zero attached hydrogens (tertiary/aromatic N) is 3. The van der Waals surface area contributed by atoms with Crippen LogP contribution in [0.2, 0.25) is 0 Å². The molecule has 1 aromatic carbocycles. The number of benzene rings is 1. The summed E-state index contributed by atoms with van der Waals surface area (Å²) in [6, 6.07) is 12.8. The fraction of sp³-hybridized carbons (Fsp3) is 0.227. The lowest BCUT2D eigenvalue weighted by molar-refractivity contribution is 0.795. The van der Waals surface area contributed by atoms with Crippen LogP contribution in [0.3, 0.4) is 0 Å². The highest BCUT2D eigenvalue weighted by molar-refractivity contribution is 7.24. The summed E-state index contributed by atoms with van der Waals surface area (Å²) in [5, 5.41) is 2.06. The van der Waals surface area contributed by atoms with E-state index in [9.17, 15) is 0 Å². The SMILES string of the molecule is CCCCc1ccc(-c2nc(C)c(-c3cnc(-c4cccnc4)s3)s2)cc1. The minimum atomic E-state index is 0.993. The molecule has 0 unspecified atom stereocenters. The average Bonchev–Trinajstić information content (AvgIpc) is 3.34. The van der Waals surface area contributed by atoms with E-state index in [4.69, 9.17) is 4.98 Å². The van der Waals surface area contributed by atoms with Crippen LogP contribution in [0.25, 0.3) is 30.9 Å². The zero-order chi connectivity index (χ0) is 18.6. The van der Waals surface area contributed by atoms with Gasteiger partial charge in [0.2, 0.25) is 0 Å². The molecule has 0 spiro atoms. The summed E-state index contributed by atoms with van der Waals surface area (Å²) in [6.45, 7) is 4.31. The summed E-state index contributed by atoms with van der Waals surface area (Å²) in [5.74, 6) is 0. The molecule has 0 saturated carbocycles. The number of hydrogen-bond acceptors (Lipinski definition) is 5. The van der Waals surface area contributed by atoms with Crippen LogP contribution in [0, 0.1) is 6.92 Å². The highest BCUT2D eigenvalue weighted by atomic mass is 32.1. The Bertz CT molecular complexity index is 1020. The average molecular weight is 392 g/mol. The van der Waals surface area contributed by atoms with Crippen molar-refractivity contribution in [2.45, 2.75) is 33.1 Å². The lowest BCUT2D eigenvalue weighted by Gasteiger charge is -2.01. The third-order valence-corrected chi connectivity index (χ3v) is 6.89. The predicted molar refractivity (Wildman–Crippen MR) is 115 cm³/mol. The van der Waals surface area contributed by atoms with E-state index in [0.29, 0.717) is 0 Å². The van der Waals surface area contributed by atoms with Gasteiger partial charge in [0, 0.05) is 29.7 Å². The second-order valence-electron chi connectivity index (χ2n) is 6.51. The quantitative estimate of drug-likeness (QED) is 0.369. The van der Waals surface area contributed by atoms with E-state index >= 15 is 0 Å². The molecule has 0 atom stereocenters. The summed E-state index contributed by atoms with van der Waals surface area (Å²) in [7, 11) is 0. The van der Waals surface area contributed by atoms with Crippen molar-refractivity contribution >= 4 is 22.7 Å². The highest BCUT2D eigenvalue weighted by Gasteiger charge is 2.14. The first kappa shape index (κ1) is 18.0. The number of aromatic nitrogens is 3. The number of hydrogen-bond donors (Lipinski definition) is 0. The number of rotatable bonds is 6. The normalized spacial score (nSPS) is 11.0. The molecular formula is C22H21N3S2. The van der Waals surface area contributed by atoms with Crippen LogP contribution in [0.5, 0.6) is 0 Å². The number of aryl methyl sites for hydroxylation is 2. The van der Waals surface area contributed by atoms with Crippen LogP contribution in [0.15, 0.2) is 55.0 Å². The van der Waals surface area contributed by atoms with Gasteiger partial charge in [-0.2, -0.15) is 0 Å². The highest BCUT2D eigenvalue weighted by Crippen LogP contribution is 2.39. The van der Waals surface area contributed by atoms with Gasteiger partial charge in [-0.1, -0.05) is 37.6 Å². The minimum Gasteiger partial charge on any atom is -0.264 e. The summed E-state index contributed by atoms with van der Waals surface area (Å²) in [5.41, 5.74) is 4.70. The molecule has 0 N–H and O–H groups in total. The van der Waals surface area contributed by atoms with Gasteiger partial charge in [-0.3, -0.25) is 4.98 Å². The molecule has 27 heavy (non-hydrogen) atoms. The van der Waals surface area contributed by atoms with Crippen molar-refractivity contribution in [2.24, 2.45) is 0 Å². The molecule has 0 aliphatic rings. The van der Waals surface area contributed by atoms with Gasteiger partial charge in [-0.25, -0.2) is 9.97 Å². The van der Waals surface area contributed by atoms with E-state index in [2.05, 4.69) is 48.1 Å². The third-order valence-electron chi connectivity index (χ3n) is 4.45. The predicted octanol–water partition coefficient (Wildman–Crippen LogP) is 6.65. The van der Waals surface area contributed by atoms with Gasteiger partial charge in [0.1, 0.15) is 10.0 Å². The van der Waals surface area contributed by atoms with Gasteiger partial charge in [0.15, 0.2) is 0 Å². The Morgan fingerprint density at radius 2 is 1.78 bits per heavy atom. The first-order valence-corrected chi connectivity index (χ1v) is 10.8. The standard InChI is InChI=1S/C22H21N3S2/c1-3-4-6-16-8-10-17(11-9-16)22-25-15(2)20(27-22)19-14-24-21(26-19)18-7-5-12-23-13-18/h5,7-14H,3-4,6H2,1-2H3. The molecule has 0 aliphatic heterocycles. The Hall–Kier alpha value is -2.37. The Balaban J connectivity index is 1.59. The zero-order valence-corrected chi connectivity index (χ0v) is 17.1. The summed E-state index contributed by atoms with van der Waals surface area (Å²) < 4.78 is 0. The van der Waals surface area contributed by atoms with E-state index in [1.54, 1.807) is 28.9 Å². The Morgan fingerprint density at radius 3 is 2.52 bits per heavy atom. The van der Waals surface area contributed by atoms with Gasteiger partial charge in [0.05, 0.1) is 15.4 Å². The topological polar surface area (TPSA) is 38.7 Å². The molecular weight excluding hydrogens is 370 g/mol. The molecule has 4 rings (SSSR count). The van der Waals surface area contributed by atoms with Crippen molar-refractivity contribution in [2.75, 3.05) is 0 Å². The van der Waals surface area contributed by atoms with Crippen molar-refractivity contribution in [3.63, 3.8) is 0 Å². The van der Waals surface area contributed by atoms with Crippen LogP contribution >= 0.6 is 22.7 Å². The zero-order valence-electron chi connectivity index (χ0n) is 15.5. The van der Waals surface area contributed by atoms with E-state index < -0.39 is 0 Å². The maximum absolute atomic E-state index is 4.82. The molecule has 136 valence electrons. The summed E-state index contributed by atoms with van der Waals surface area (Å²) >= 11 is 3.43. The van der Waals surface area contributed by atoms with Crippen LogP contribution in [-0.2, 0) is 6.42 Å².